The molecule has 0 aliphatic heterocycles. The van der Waals surface area contributed by atoms with Gasteiger partial charge in [0.1, 0.15) is 5.60 Å². The number of anilines is 1. The largest absolute Gasteiger partial charge is 0.444 e. The van der Waals surface area contributed by atoms with Crippen LogP contribution in [-0.2, 0) is 11.3 Å². The summed E-state index contributed by atoms with van der Waals surface area (Å²) >= 11 is 0. The minimum atomic E-state index is -0.544. The standard InChI is InChI=1S/C23H31N3O3/c1-15-10-11-16(2)20(12-15)17(3)25-21(27)26-19-9-7-8-18(13-19)14-24-22(28)29-23(4,5)6/h7-13,17H,14H2,1-6H3,(H,24,28)(H2,25,26,27). The highest BCUT2D eigenvalue weighted by molar-refractivity contribution is 5.89. The summed E-state index contributed by atoms with van der Waals surface area (Å²) in [5.41, 5.74) is 4.35. The van der Waals surface area contributed by atoms with Crippen LogP contribution in [0.4, 0.5) is 15.3 Å². The molecule has 156 valence electrons. The first-order valence-electron chi connectivity index (χ1n) is 9.74. The van der Waals surface area contributed by atoms with Crippen LogP contribution in [0.1, 0.15) is 56.0 Å². The van der Waals surface area contributed by atoms with Crippen LogP contribution in [-0.4, -0.2) is 17.7 Å². The van der Waals surface area contributed by atoms with E-state index in [1.54, 1.807) is 6.07 Å². The Morgan fingerprint density at radius 1 is 1.07 bits per heavy atom. The van der Waals surface area contributed by atoms with Crippen LogP contribution in [0, 0.1) is 13.8 Å². The number of ether oxygens (including phenoxy) is 1. The Hall–Kier alpha value is -3.02. The average molecular weight is 398 g/mol. The van der Waals surface area contributed by atoms with Gasteiger partial charge in [0, 0.05) is 12.2 Å². The molecule has 0 saturated carbocycles. The van der Waals surface area contributed by atoms with Crippen LogP contribution >= 0.6 is 0 Å². The lowest BCUT2D eigenvalue weighted by molar-refractivity contribution is 0.0523. The Bertz CT molecular complexity index is 872. The van der Waals surface area contributed by atoms with Crippen molar-refractivity contribution >= 4 is 17.8 Å². The molecule has 0 spiro atoms. The molecule has 0 bridgehead atoms. The van der Waals surface area contributed by atoms with E-state index in [1.165, 1.54) is 0 Å². The highest BCUT2D eigenvalue weighted by Gasteiger charge is 2.16. The summed E-state index contributed by atoms with van der Waals surface area (Å²) in [6.45, 7) is 11.8. The first-order valence-corrected chi connectivity index (χ1v) is 9.74. The molecule has 0 heterocycles. The Morgan fingerprint density at radius 3 is 2.48 bits per heavy atom. The van der Waals surface area contributed by atoms with Crippen LogP contribution in [0.5, 0.6) is 0 Å². The van der Waals surface area contributed by atoms with Gasteiger partial charge in [-0.2, -0.15) is 0 Å². The molecule has 2 aromatic rings. The predicted molar refractivity (Wildman–Crippen MR) is 116 cm³/mol. The zero-order chi connectivity index (χ0) is 21.6. The third-order valence-electron chi connectivity index (χ3n) is 4.27. The van der Waals surface area contributed by atoms with Gasteiger partial charge in [0.2, 0.25) is 0 Å². The third-order valence-corrected chi connectivity index (χ3v) is 4.27. The number of hydrogen-bond acceptors (Lipinski definition) is 3. The van der Waals surface area contributed by atoms with Gasteiger partial charge in [-0.25, -0.2) is 9.59 Å². The Labute approximate surface area is 173 Å². The lowest BCUT2D eigenvalue weighted by Crippen LogP contribution is -2.32. The number of carbonyl (C=O) groups is 2. The van der Waals surface area contributed by atoms with Gasteiger partial charge >= 0.3 is 12.1 Å². The normalized spacial score (nSPS) is 12.1. The van der Waals surface area contributed by atoms with Gasteiger partial charge in [-0.15, -0.1) is 0 Å². The van der Waals surface area contributed by atoms with E-state index in [9.17, 15) is 9.59 Å². The fraction of sp³-hybridized carbons (Fsp3) is 0.391. The minimum absolute atomic E-state index is 0.119. The van der Waals surface area contributed by atoms with Gasteiger partial charge < -0.3 is 20.7 Å². The fourth-order valence-corrected chi connectivity index (χ4v) is 2.92. The van der Waals surface area contributed by atoms with E-state index >= 15 is 0 Å². The van der Waals surface area contributed by atoms with E-state index in [4.69, 9.17) is 4.74 Å². The number of nitrogens with one attached hydrogen (secondary N) is 3. The van der Waals surface area contributed by atoms with Gasteiger partial charge in [-0.05, 0) is 70.4 Å². The van der Waals surface area contributed by atoms with E-state index < -0.39 is 11.7 Å². The number of carbonyl (C=O) groups excluding carboxylic acids is 2. The van der Waals surface area contributed by atoms with Gasteiger partial charge in [0.05, 0.1) is 6.04 Å². The van der Waals surface area contributed by atoms with Crippen molar-refractivity contribution in [3.63, 3.8) is 0 Å². The number of urea groups is 1. The van der Waals surface area contributed by atoms with Crippen molar-refractivity contribution in [1.82, 2.24) is 10.6 Å². The predicted octanol–water partition coefficient (Wildman–Crippen LogP) is 5.21. The number of hydrogen-bond donors (Lipinski definition) is 3. The molecule has 0 saturated heterocycles. The van der Waals surface area contributed by atoms with Gasteiger partial charge in [0.25, 0.3) is 0 Å². The van der Waals surface area contributed by atoms with Crippen molar-refractivity contribution in [2.45, 2.75) is 59.7 Å². The molecule has 0 aromatic heterocycles. The lowest BCUT2D eigenvalue weighted by atomic mass is 10.0. The van der Waals surface area contributed by atoms with Crippen LogP contribution in [0.15, 0.2) is 42.5 Å². The average Bonchev–Trinajstić information content (AvgIpc) is 2.60. The molecule has 0 fully saturated rings. The molecule has 0 aliphatic carbocycles. The van der Waals surface area contributed by atoms with Crippen molar-refractivity contribution in [2.24, 2.45) is 0 Å². The SMILES string of the molecule is Cc1ccc(C)c(C(C)NC(=O)Nc2cccc(CNC(=O)OC(C)(C)C)c2)c1. The topological polar surface area (TPSA) is 79.5 Å². The molecule has 2 aromatic carbocycles. The van der Waals surface area contributed by atoms with Crippen molar-refractivity contribution in [1.29, 1.82) is 0 Å². The zero-order valence-electron chi connectivity index (χ0n) is 18.1. The highest BCUT2D eigenvalue weighted by atomic mass is 16.6. The maximum atomic E-state index is 12.4. The maximum absolute atomic E-state index is 12.4. The number of rotatable bonds is 5. The summed E-state index contributed by atoms with van der Waals surface area (Å²) < 4.78 is 5.23. The maximum Gasteiger partial charge on any atom is 0.407 e. The van der Waals surface area contributed by atoms with E-state index in [2.05, 4.69) is 34.1 Å². The van der Waals surface area contributed by atoms with Crippen LogP contribution < -0.4 is 16.0 Å². The fourth-order valence-electron chi connectivity index (χ4n) is 2.92. The number of aryl methyl sites for hydroxylation is 2. The number of benzene rings is 2. The highest BCUT2D eigenvalue weighted by Crippen LogP contribution is 2.19. The summed E-state index contributed by atoms with van der Waals surface area (Å²) in [4.78, 5) is 24.2. The second kappa shape index (κ2) is 9.45. The molecule has 0 aliphatic rings. The molecule has 0 radical (unpaired) electrons. The molecule has 6 heteroatoms. The van der Waals surface area contributed by atoms with Gasteiger partial charge in [-0.1, -0.05) is 35.9 Å². The smallest absolute Gasteiger partial charge is 0.407 e. The monoisotopic (exact) mass is 397 g/mol. The van der Waals surface area contributed by atoms with Crippen molar-refractivity contribution in [3.05, 3.63) is 64.7 Å². The quantitative estimate of drug-likeness (QED) is 0.648. The molecule has 1 atom stereocenters. The Balaban J connectivity index is 1.93. The number of amides is 3. The third kappa shape index (κ3) is 7.49. The Morgan fingerprint density at radius 2 is 1.79 bits per heavy atom. The zero-order valence-corrected chi connectivity index (χ0v) is 18.1. The second-order valence-corrected chi connectivity index (χ2v) is 8.24. The molecule has 6 nitrogen and oxygen atoms in total. The summed E-state index contributed by atoms with van der Waals surface area (Å²) in [5, 5.41) is 8.53. The molecule has 3 N–H and O–H groups in total. The molecule has 2 rings (SSSR count). The second-order valence-electron chi connectivity index (χ2n) is 8.24. The van der Waals surface area contributed by atoms with Gasteiger partial charge in [0.15, 0.2) is 0 Å². The van der Waals surface area contributed by atoms with Crippen molar-refractivity contribution < 1.29 is 14.3 Å². The summed E-state index contributed by atoms with van der Waals surface area (Å²) in [6.07, 6.45) is -0.476. The van der Waals surface area contributed by atoms with Crippen LogP contribution in [0.2, 0.25) is 0 Å². The van der Waals surface area contributed by atoms with E-state index in [0.717, 1.165) is 22.3 Å². The van der Waals surface area contributed by atoms with Crippen molar-refractivity contribution in [3.8, 4) is 0 Å². The minimum Gasteiger partial charge on any atom is -0.444 e. The lowest BCUT2D eigenvalue weighted by Gasteiger charge is -2.20. The van der Waals surface area contributed by atoms with E-state index in [-0.39, 0.29) is 12.1 Å². The first-order chi connectivity index (χ1) is 13.5. The molecule has 29 heavy (non-hydrogen) atoms. The van der Waals surface area contributed by atoms with E-state index in [0.29, 0.717) is 12.2 Å². The summed E-state index contributed by atoms with van der Waals surface area (Å²) in [7, 11) is 0. The molecule has 3 amide bonds. The summed E-state index contributed by atoms with van der Waals surface area (Å²) in [5.74, 6) is 0. The summed E-state index contributed by atoms with van der Waals surface area (Å²) in [6, 6.07) is 13.1. The van der Waals surface area contributed by atoms with Crippen LogP contribution in [0.3, 0.4) is 0 Å². The first kappa shape index (κ1) is 22.3. The van der Waals surface area contributed by atoms with Gasteiger partial charge in [-0.3, -0.25) is 0 Å². The van der Waals surface area contributed by atoms with Crippen molar-refractivity contribution in [2.75, 3.05) is 5.32 Å². The molecular weight excluding hydrogens is 366 g/mol. The number of alkyl carbamates (subject to hydrolysis) is 1. The molecule has 1 unspecified atom stereocenters. The molecular formula is C23H31N3O3. The van der Waals surface area contributed by atoms with E-state index in [1.807, 2.05) is 59.7 Å². The van der Waals surface area contributed by atoms with Crippen LogP contribution in [0.25, 0.3) is 0 Å². The Kier molecular flexibility index (Phi) is 7.26.